The maximum atomic E-state index is 12.2. The van der Waals surface area contributed by atoms with Gasteiger partial charge in [-0.15, -0.1) is 0 Å². The molecule has 0 aliphatic carbocycles. The normalized spacial score (nSPS) is 13.5. The van der Waals surface area contributed by atoms with Gasteiger partial charge in [-0.25, -0.2) is 0 Å². The average molecular weight is 323 g/mol. The number of carbonyl (C=O) groups excluding carboxylic acids is 2. The van der Waals surface area contributed by atoms with Crippen LogP contribution < -0.4 is 4.74 Å². The zero-order valence-corrected chi connectivity index (χ0v) is 13.1. The Balaban J connectivity index is 1.59. The van der Waals surface area contributed by atoms with Crippen LogP contribution in [-0.4, -0.2) is 41.3 Å². The van der Waals surface area contributed by atoms with E-state index in [0.29, 0.717) is 22.6 Å². The molecule has 3 rings (SSSR count). The van der Waals surface area contributed by atoms with Gasteiger partial charge in [0, 0.05) is 24.8 Å². The zero-order chi connectivity index (χ0) is 16.9. The summed E-state index contributed by atoms with van der Waals surface area (Å²) < 4.78 is 5.42. The van der Waals surface area contributed by atoms with E-state index in [0.717, 1.165) is 25.9 Å². The Bertz CT molecular complexity index is 781. The van der Waals surface area contributed by atoms with Crippen molar-refractivity contribution in [1.29, 1.82) is 5.26 Å². The van der Waals surface area contributed by atoms with Crippen LogP contribution in [0.15, 0.2) is 36.5 Å². The molecular weight excluding hydrogens is 306 g/mol. The molecule has 1 N–H and O–H groups in total. The number of carbonyl (C=O) groups is 2. The first-order chi connectivity index (χ1) is 11.7. The Morgan fingerprint density at radius 2 is 1.92 bits per heavy atom. The van der Waals surface area contributed by atoms with E-state index in [1.165, 1.54) is 6.20 Å². The topological polar surface area (TPSA) is 86.2 Å². The van der Waals surface area contributed by atoms with Gasteiger partial charge in [-0.3, -0.25) is 9.59 Å². The molecule has 122 valence electrons. The summed E-state index contributed by atoms with van der Waals surface area (Å²) in [5, 5.41) is 8.74. The largest absolute Gasteiger partial charge is 0.485 e. The SMILES string of the molecule is N#Cc1ccc(OCC(=O)c2c[nH]c(C(=O)N3CCCC3)c2)cc1. The van der Waals surface area contributed by atoms with Crippen LogP contribution in [0.4, 0.5) is 0 Å². The average Bonchev–Trinajstić information content (AvgIpc) is 3.31. The van der Waals surface area contributed by atoms with Gasteiger partial charge in [0.1, 0.15) is 11.4 Å². The van der Waals surface area contributed by atoms with Crippen LogP contribution in [-0.2, 0) is 0 Å². The maximum absolute atomic E-state index is 12.2. The molecule has 1 aromatic heterocycles. The molecule has 0 bridgehead atoms. The molecule has 0 spiro atoms. The van der Waals surface area contributed by atoms with Crippen LogP contribution in [0.2, 0.25) is 0 Å². The van der Waals surface area contributed by atoms with E-state index in [1.807, 2.05) is 6.07 Å². The standard InChI is InChI=1S/C18H17N3O3/c19-10-13-3-5-15(6-4-13)24-12-17(22)14-9-16(20-11-14)18(23)21-7-1-2-8-21/h3-6,9,11,20H,1-2,7-8,12H2. The van der Waals surface area contributed by atoms with Gasteiger partial charge in [0.2, 0.25) is 5.78 Å². The lowest BCUT2D eigenvalue weighted by Crippen LogP contribution is -2.27. The van der Waals surface area contributed by atoms with Crippen molar-refractivity contribution in [2.75, 3.05) is 19.7 Å². The van der Waals surface area contributed by atoms with Crippen molar-refractivity contribution in [2.24, 2.45) is 0 Å². The van der Waals surface area contributed by atoms with Crippen molar-refractivity contribution in [2.45, 2.75) is 12.8 Å². The fraction of sp³-hybridized carbons (Fsp3) is 0.278. The fourth-order valence-electron chi connectivity index (χ4n) is 2.63. The minimum absolute atomic E-state index is 0.0699. The second-order valence-electron chi connectivity index (χ2n) is 5.65. The molecule has 6 nitrogen and oxygen atoms in total. The van der Waals surface area contributed by atoms with Gasteiger partial charge in [0.05, 0.1) is 11.6 Å². The van der Waals surface area contributed by atoms with E-state index >= 15 is 0 Å². The number of ether oxygens (including phenoxy) is 1. The lowest BCUT2D eigenvalue weighted by Gasteiger charge is -2.13. The Kier molecular flexibility index (Phi) is 4.62. The molecule has 24 heavy (non-hydrogen) atoms. The summed E-state index contributed by atoms with van der Waals surface area (Å²) in [6.07, 6.45) is 3.58. The Hall–Kier alpha value is -3.07. The highest BCUT2D eigenvalue weighted by molar-refractivity contribution is 6.01. The van der Waals surface area contributed by atoms with Crippen molar-refractivity contribution in [1.82, 2.24) is 9.88 Å². The predicted octanol–water partition coefficient (Wildman–Crippen LogP) is 2.38. The molecule has 1 saturated heterocycles. The molecule has 0 saturated carbocycles. The van der Waals surface area contributed by atoms with Crippen LogP contribution in [0.3, 0.4) is 0 Å². The van der Waals surface area contributed by atoms with E-state index in [1.54, 1.807) is 35.2 Å². The molecule has 1 fully saturated rings. The lowest BCUT2D eigenvalue weighted by atomic mass is 10.2. The quantitative estimate of drug-likeness (QED) is 0.856. The van der Waals surface area contributed by atoms with E-state index in [9.17, 15) is 9.59 Å². The third-order valence-corrected chi connectivity index (χ3v) is 3.98. The molecule has 0 atom stereocenters. The van der Waals surface area contributed by atoms with E-state index in [-0.39, 0.29) is 18.3 Å². The highest BCUT2D eigenvalue weighted by atomic mass is 16.5. The molecule has 1 aliphatic heterocycles. The van der Waals surface area contributed by atoms with Crippen molar-refractivity contribution in [3.63, 3.8) is 0 Å². The van der Waals surface area contributed by atoms with Gasteiger partial charge < -0.3 is 14.6 Å². The number of nitriles is 1. The number of benzene rings is 1. The molecule has 6 heteroatoms. The fourth-order valence-corrected chi connectivity index (χ4v) is 2.63. The predicted molar refractivity (Wildman–Crippen MR) is 86.9 cm³/mol. The number of amides is 1. The van der Waals surface area contributed by atoms with Gasteiger partial charge in [-0.2, -0.15) is 5.26 Å². The van der Waals surface area contributed by atoms with E-state index < -0.39 is 0 Å². The Morgan fingerprint density at radius 1 is 1.21 bits per heavy atom. The molecule has 1 amide bonds. The minimum atomic E-state index is -0.212. The summed E-state index contributed by atoms with van der Waals surface area (Å²) >= 11 is 0. The number of H-pyrrole nitrogens is 1. The summed E-state index contributed by atoms with van der Waals surface area (Å²) in [5.74, 6) is 0.238. The minimum Gasteiger partial charge on any atom is -0.485 e. The first kappa shape index (κ1) is 15.8. The number of nitrogens with one attached hydrogen (secondary N) is 1. The zero-order valence-electron chi connectivity index (χ0n) is 13.1. The third kappa shape index (κ3) is 3.46. The second kappa shape index (κ2) is 7.01. The molecule has 2 aromatic rings. The van der Waals surface area contributed by atoms with Crippen LogP contribution in [0.1, 0.15) is 39.3 Å². The molecule has 1 aromatic carbocycles. The maximum Gasteiger partial charge on any atom is 0.270 e. The van der Waals surface area contributed by atoms with Gasteiger partial charge in [0.15, 0.2) is 6.61 Å². The smallest absolute Gasteiger partial charge is 0.270 e. The highest BCUT2D eigenvalue weighted by Gasteiger charge is 2.21. The molecule has 1 aliphatic rings. The van der Waals surface area contributed by atoms with Crippen LogP contribution in [0.5, 0.6) is 5.75 Å². The number of hydrogen-bond acceptors (Lipinski definition) is 4. The summed E-state index contributed by atoms with van der Waals surface area (Å²) in [7, 11) is 0. The number of rotatable bonds is 5. The Labute approximate surface area is 139 Å². The number of aromatic nitrogens is 1. The first-order valence-electron chi connectivity index (χ1n) is 7.81. The summed E-state index contributed by atoms with van der Waals surface area (Å²) in [6.45, 7) is 1.41. The van der Waals surface area contributed by atoms with Crippen molar-refractivity contribution in [3.8, 4) is 11.8 Å². The van der Waals surface area contributed by atoms with Gasteiger partial charge in [-0.1, -0.05) is 0 Å². The van der Waals surface area contributed by atoms with E-state index in [2.05, 4.69) is 4.98 Å². The van der Waals surface area contributed by atoms with Gasteiger partial charge in [0.25, 0.3) is 5.91 Å². The monoisotopic (exact) mass is 323 g/mol. The van der Waals surface area contributed by atoms with Gasteiger partial charge in [-0.05, 0) is 43.2 Å². The molecule has 0 radical (unpaired) electrons. The van der Waals surface area contributed by atoms with Crippen LogP contribution in [0, 0.1) is 11.3 Å². The number of Topliss-reactive ketones (excluding diaryl/α,β-unsaturated/α-hetero) is 1. The number of aromatic amines is 1. The number of hydrogen-bond donors (Lipinski definition) is 1. The van der Waals surface area contributed by atoms with Crippen LogP contribution in [0.25, 0.3) is 0 Å². The van der Waals surface area contributed by atoms with Crippen molar-refractivity contribution in [3.05, 3.63) is 53.3 Å². The number of nitrogens with zero attached hydrogens (tertiary/aromatic N) is 2. The summed E-state index contributed by atoms with van der Waals surface area (Å²) in [5.41, 5.74) is 1.38. The van der Waals surface area contributed by atoms with Gasteiger partial charge >= 0.3 is 0 Å². The number of ketones is 1. The summed E-state index contributed by atoms with van der Waals surface area (Å²) in [6, 6.07) is 10.1. The molecule has 2 heterocycles. The number of likely N-dealkylation sites (tertiary alicyclic amines) is 1. The van der Waals surface area contributed by atoms with E-state index in [4.69, 9.17) is 10.00 Å². The molecule has 0 unspecified atom stereocenters. The second-order valence-corrected chi connectivity index (χ2v) is 5.65. The van der Waals surface area contributed by atoms with Crippen LogP contribution >= 0.6 is 0 Å². The molecular formula is C18H17N3O3. The van der Waals surface area contributed by atoms with Crippen molar-refractivity contribution >= 4 is 11.7 Å². The first-order valence-corrected chi connectivity index (χ1v) is 7.81. The Morgan fingerprint density at radius 3 is 2.58 bits per heavy atom. The summed E-state index contributed by atoms with van der Waals surface area (Å²) in [4.78, 5) is 29.1. The lowest BCUT2D eigenvalue weighted by molar-refractivity contribution is 0.0787. The van der Waals surface area contributed by atoms with Crippen molar-refractivity contribution < 1.29 is 14.3 Å². The highest BCUT2D eigenvalue weighted by Crippen LogP contribution is 2.15. The third-order valence-electron chi connectivity index (χ3n) is 3.98.